The zero-order chi connectivity index (χ0) is 16.0. The molecular weight excluding hydrogens is 324 g/mol. The van der Waals surface area contributed by atoms with E-state index in [0.29, 0.717) is 17.4 Å². The van der Waals surface area contributed by atoms with E-state index in [4.69, 9.17) is 11.6 Å². The molecule has 0 radical (unpaired) electrons. The Morgan fingerprint density at radius 3 is 2.83 bits per heavy atom. The van der Waals surface area contributed by atoms with Crippen molar-refractivity contribution in [2.24, 2.45) is 4.99 Å². The predicted octanol–water partition coefficient (Wildman–Crippen LogP) is 2.15. The van der Waals surface area contributed by atoms with E-state index in [1.807, 2.05) is 0 Å². The standard InChI is InChI=1S/C15H14ClF2N5/c16-8-1-2-13-20-6-12(23(13)7-8)14-10(17)3-11(18)15(22-14)21-9-4-19-5-9/h1-3,7,9,12,19H,4-6H2,(H,21,22). The summed E-state index contributed by atoms with van der Waals surface area (Å²) in [5.41, 5.74) is 0.163. The van der Waals surface area contributed by atoms with Gasteiger partial charge in [-0.2, -0.15) is 0 Å². The molecule has 23 heavy (non-hydrogen) atoms. The normalized spacial score (nSPS) is 23.3. The number of anilines is 1. The highest BCUT2D eigenvalue weighted by Crippen LogP contribution is 2.32. The second kappa shape index (κ2) is 5.58. The number of pyridine rings is 1. The first kappa shape index (κ1) is 14.6. The monoisotopic (exact) mass is 337 g/mol. The molecule has 4 rings (SSSR count). The molecule has 0 amide bonds. The van der Waals surface area contributed by atoms with E-state index in [2.05, 4.69) is 20.6 Å². The third-order valence-electron chi connectivity index (χ3n) is 4.08. The third-order valence-corrected chi connectivity index (χ3v) is 4.30. The molecule has 5 nitrogen and oxygen atoms in total. The second-order valence-corrected chi connectivity index (χ2v) is 6.09. The fourth-order valence-electron chi connectivity index (χ4n) is 2.75. The van der Waals surface area contributed by atoms with Crippen molar-refractivity contribution in [3.8, 4) is 0 Å². The van der Waals surface area contributed by atoms with Crippen molar-refractivity contribution in [1.29, 1.82) is 0 Å². The number of amidine groups is 1. The fraction of sp³-hybridized carbons (Fsp3) is 0.333. The van der Waals surface area contributed by atoms with Gasteiger partial charge in [0.25, 0.3) is 0 Å². The zero-order valence-corrected chi connectivity index (χ0v) is 12.8. The number of hydrogen-bond donors (Lipinski definition) is 2. The predicted molar refractivity (Wildman–Crippen MR) is 84.4 cm³/mol. The molecule has 0 aliphatic carbocycles. The fourth-order valence-corrected chi connectivity index (χ4v) is 2.92. The van der Waals surface area contributed by atoms with Gasteiger partial charge in [0.05, 0.1) is 23.7 Å². The largest absolute Gasteiger partial charge is 0.362 e. The van der Waals surface area contributed by atoms with Crippen molar-refractivity contribution in [3.05, 3.63) is 46.8 Å². The first-order valence-corrected chi connectivity index (χ1v) is 7.71. The quantitative estimate of drug-likeness (QED) is 0.887. The Labute approximate surface area is 136 Å². The Hall–Kier alpha value is -1.99. The zero-order valence-electron chi connectivity index (χ0n) is 12.1. The van der Waals surface area contributed by atoms with Crippen molar-refractivity contribution in [1.82, 2.24) is 15.2 Å². The van der Waals surface area contributed by atoms with Crippen molar-refractivity contribution in [2.45, 2.75) is 12.1 Å². The van der Waals surface area contributed by atoms with Crippen LogP contribution < -0.4 is 10.6 Å². The van der Waals surface area contributed by atoms with Crippen LogP contribution in [0.2, 0.25) is 0 Å². The molecule has 3 aliphatic heterocycles. The lowest BCUT2D eigenvalue weighted by atomic mass is 10.1. The van der Waals surface area contributed by atoms with Crippen molar-refractivity contribution in [3.63, 3.8) is 0 Å². The highest BCUT2D eigenvalue weighted by Gasteiger charge is 2.32. The van der Waals surface area contributed by atoms with E-state index in [1.165, 1.54) is 0 Å². The van der Waals surface area contributed by atoms with E-state index in [-0.39, 0.29) is 17.6 Å². The molecule has 0 bridgehead atoms. The highest BCUT2D eigenvalue weighted by atomic mass is 35.5. The lowest BCUT2D eigenvalue weighted by Crippen LogP contribution is -2.51. The van der Waals surface area contributed by atoms with E-state index < -0.39 is 17.7 Å². The summed E-state index contributed by atoms with van der Waals surface area (Å²) in [5.74, 6) is -0.601. The number of rotatable bonds is 3. The number of aromatic nitrogens is 1. The van der Waals surface area contributed by atoms with Gasteiger partial charge in [0.1, 0.15) is 17.3 Å². The van der Waals surface area contributed by atoms with Gasteiger partial charge in [-0.05, 0) is 12.2 Å². The average Bonchev–Trinajstić information content (AvgIpc) is 2.87. The molecule has 1 aromatic rings. The van der Waals surface area contributed by atoms with Crippen LogP contribution >= 0.6 is 11.6 Å². The number of halogens is 3. The smallest absolute Gasteiger partial charge is 0.168 e. The van der Waals surface area contributed by atoms with E-state index in [0.717, 1.165) is 19.2 Å². The van der Waals surface area contributed by atoms with Crippen LogP contribution in [0.4, 0.5) is 14.6 Å². The van der Waals surface area contributed by atoms with E-state index >= 15 is 0 Å². The average molecular weight is 338 g/mol. The van der Waals surface area contributed by atoms with Gasteiger partial charge in [-0.25, -0.2) is 13.8 Å². The number of hydrogen-bond acceptors (Lipinski definition) is 5. The Kier molecular flexibility index (Phi) is 3.54. The minimum atomic E-state index is -0.690. The molecule has 0 spiro atoms. The highest BCUT2D eigenvalue weighted by molar-refractivity contribution is 6.32. The van der Waals surface area contributed by atoms with Gasteiger partial charge in [-0.15, -0.1) is 0 Å². The topological polar surface area (TPSA) is 52.6 Å². The summed E-state index contributed by atoms with van der Waals surface area (Å²) in [7, 11) is 0. The van der Waals surface area contributed by atoms with Gasteiger partial charge in [-0.3, -0.25) is 4.99 Å². The van der Waals surface area contributed by atoms with E-state index in [9.17, 15) is 8.78 Å². The maximum Gasteiger partial charge on any atom is 0.168 e. The van der Waals surface area contributed by atoms with Gasteiger partial charge in [0.15, 0.2) is 11.6 Å². The van der Waals surface area contributed by atoms with Gasteiger partial charge in [0, 0.05) is 25.4 Å². The summed E-state index contributed by atoms with van der Waals surface area (Å²) in [6.07, 6.45) is 5.18. The maximum absolute atomic E-state index is 14.3. The second-order valence-electron chi connectivity index (χ2n) is 5.65. The van der Waals surface area contributed by atoms with Gasteiger partial charge in [0.2, 0.25) is 0 Å². The molecule has 8 heteroatoms. The van der Waals surface area contributed by atoms with Crippen LogP contribution in [-0.2, 0) is 0 Å². The summed E-state index contributed by atoms with van der Waals surface area (Å²) in [4.78, 5) is 10.3. The van der Waals surface area contributed by atoms with Gasteiger partial charge in [-0.1, -0.05) is 11.6 Å². The van der Waals surface area contributed by atoms with Gasteiger partial charge >= 0.3 is 0 Å². The molecule has 120 valence electrons. The van der Waals surface area contributed by atoms with Crippen LogP contribution in [-0.4, -0.2) is 41.4 Å². The summed E-state index contributed by atoms with van der Waals surface area (Å²) >= 11 is 6.01. The SMILES string of the molecule is Fc1cc(F)c(C2CN=C3C=CC(Cl)=CN32)nc1NC1CNC1. The van der Waals surface area contributed by atoms with Crippen molar-refractivity contribution >= 4 is 23.3 Å². The lowest BCUT2D eigenvalue weighted by molar-refractivity contribution is 0.419. The maximum atomic E-state index is 14.3. The summed E-state index contributed by atoms with van der Waals surface area (Å²) in [6, 6.07) is 0.558. The number of nitrogens with one attached hydrogen (secondary N) is 2. The van der Waals surface area contributed by atoms with Crippen LogP contribution in [0.25, 0.3) is 0 Å². The molecule has 1 atom stereocenters. The number of aliphatic imine (C=N–C) groups is 1. The molecule has 1 fully saturated rings. The molecule has 0 aromatic carbocycles. The molecule has 2 N–H and O–H groups in total. The van der Waals surface area contributed by atoms with Gasteiger partial charge < -0.3 is 15.5 Å². The molecule has 1 aromatic heterocycles. The Bertz CT molecular complexity index is 742. The third kappa shape index (κ3) is 2.60. The minimum absolute atomic E-state index is 0.0731. The first-order chi connectivity index (χ1) is 11.1. The summed E-state index contributed by atoms with van der Waals surface area (Å²) < 4.78 is 28.2. The van der Waals surface area contributed by atoms with E-state index in [1.54, 1.807) is 23.3 Å². The van der Waals surface area contributed by atoms with Crippen LogP contribution in [0, 0.1) is 11.6 Å². The molecule has 3 aliphatic rings. The number of fused-ring (bicyclic) bond motifs is 1. The minimum Gasteiger partial charge on any atom is -0.362 e. The molecule has 1 saturated heterocycles. The molecule has 1 unspecified atom stereocenters. The number of allylic oxidation sites excluding steroid dienone is 2. The molecular formula is C15H14ClF2N5. The summed E-state index contributed by atoms with van der Waals surface area (Å²) in [6.45, 7) is 1.82. The molecule has 0 saturated carbocycles. The molecule has 4 heterocycles. The summed E-state index contributed by atoms with van der Waals surface area (Å²) in [5, 5.41) is 6.60. The lowest BCUT2D eigenvalue weighted by Gasteiger charge is -2.29. The van der Waals surface area contributed by atoms with Crippen LogP contribution in [0.1, 0.15) is 11.7 Å². The number of nitrogens with zero attached hydrogens (tertiary/aromatic N) is 3. The van der Waals surface area contributed by atoms with Crippen LogP contribution in [0.15, 0.2) is 34.4 Å². The van der Waals surface area contributed by atoms with Crippen LogP contribution in [0.5, 0.6) is 0 Å². The Balaban J connectivity index is 1.66. The van der Waals surface area contributed by atoms with Crippen LogP contribution in [0.3, 0.4) is 0 Å². The Morgan fingerprint density at radius 2 is 2.09 bits per heavy atom. The first-order valence-electron chi connectivity index (χ1n) is 7.33. The van der Waals surface area contributed by atoms with Crippen molar-refractivity contribution in [2.75, 3.05) is 25.0 Å². The Morgan fingerprint density at radius 1 is 1.26 bits per heavy atom. The van der Waals surface area contributed by atoms with Crippen molar-refractivity contribution < 1.29 is 8.78 Å².